The molecule has 3 aromatic rings. The van der Waals surface area contributed by atoms with Gasteiger partial charge in [0.1, 0.15) is 16.4 Å². The average molecular weight is 380 g/mol. The quantitative estimate of drug-likeness (QED) is 0.681. The lowest BCUT2D eigenvalue weighted by molar-refractivity contribution is 0.355. The molecule has 1 aromatic heterocycles. The topological polar surface area (TPSA) is 93.4 Å². The smallest absolute Gasteiger partial charge is 0.272 e. The standard InChI is InChI=1S/C21H20N2O5/c1-26-15-7-4-13(5-8-15)10-16-20(24)23-17(21(25)22-16)11-14-6-9-18(27-2)19(12-14)28-3/h4-12H,1-3H3,(H,22,25)(H,23,24). The summed E-state index contributed by atoms with van der Waals surface area (Å²) >= 11 is 0. The fraction of sp³-hybridized carbons (Fsp3) is 0.143. The van der Waals surface area contributed by atoms with Crippen molar-refractivity contribution in [3.05, 3.63) is 85.0 Å². The number of hydrogen-bond acceptors (Lipinski definition) is 5. The number of benzene rings is 2. The van der Waals surface area contributed by atoms with Crippen LogP contribution in [0.4, 0.5) is 0 Å². The summed E-state index contributed by atoms with van der Waals surface area (Å²) in [6, 6.07) is 12.3. The number of H-pyrrole nitrogens is 2. The predicted molar refractivity (Wildman–Crippen MR) is 107 cm³/mol. The van der Waals surface area contributed by atoms with Crippen molar-refractivity contribution < 1.29 is 14.2 Å². The van der Waals surface area contributed by atoms with Gasteiger partial charge in [0.2, 0.25) is 0 Å². The van der Waals surface area contributed by atoms with E-state index in [4.69, 9.17) is 14.2 Å². The van der Waals surface area contributed by atoms with Gasteiger partial charge in [-0.05, 0) is 47.5 Å². The third-order valence-electron chi connectivity index (χ3n) is 4.13. The highest BCUT2D eigenvalue weighted by atomic mass is 16.5. The molecule has 3 rings (SSSR count). The van der Waals surface area contributed by atoms with Crippen LogP contribution in [0.2, 0.25) is 0 Å². The summed E-state index contributed by atoms with van der Waals surface area (Å²) in [4.78, 5) is 30.0. The Kier molecular flexibility index (Phi) is 5.64. The molecule has 28 heavy (non-hydrogen) atoms. The number of aromatic nitrogens is 2. The minimum absolute atomic E-state index is 0.143. The number of aromatic amines is 2. The highest BCUT2D eigenvalue weighted by Gasteiger charge is 2.04. The number of ether oxygens (including phenoxy) is 3. The highest BCUT2D eigenvalue weighted by Crippen LogP contribution is 2.27. The summed E-state index contributed by atoms with van der Waals surface area (Å²) in [6.07, 6.45) is 3.17. The zero-order valence-corrected chi connectivity index (χ0v) is 15.7. The van der Waals surface area contributed by atoms with Crippen LogP contribution in [0.1, 0.15) is 11.1 Å². The van der Waals surface area contributed by atoms with Gasteiger partial charge in [0.25, 0.3) is 11.1 Å². The van der Waals surface area contributed by atoms with Crippen molar-refractivity contribution in [3.63, 3.8) is 0 Å². The number of rotatable bonds is 5. The van der Waals surface area contributed by atoms with Gasteiger partial charge in [-0.3, -0.25) is 9.59 Å². The second kappa shape index (κ2) is 8.30. The first-order valence-corrected chi connectivity index (χ1v) is 8.46. The molecule has 144 valence electrons. The van der Waals surface area contributed by atoms with Crippen molar-refractivity contribution in [2.45, 2.75) is 0 Å². The minimum atomic E-state index is -0.408. The van der Waals surface area contributed by atoms with Crippen molar-refractivity contribution in [3.8, 4) is 17.2 Å². The number of nitrogens with one attached hydrogen (secondary N) is 2. The Bertz CT molecular complexity index is 1210. The van der Waals surface area contributed by atoms with Gasteiger partial charge >= 0.3 is 0 Å². The molecule has 0 unspecified atom stereocenters. The normalized spacial score (nSPS) is 12.1. The Hall–Kier alpha value is -3.74. The van der Waals surface area contributed by atoms with E-state index in [-0.39, 0.29) is 10.7 Å². The monoisotopic (exact) mass is 380 g/mol. The van der Waals surface area contributed by atoms with Crippen LogP contribution in [-0.4, -0.2) is 31.3 Å². The van der Waals surface area contributed by atoms with E-state index < -0.39 is 11.1 Å². The average Bonchev–Trinajstić information content (AvgIpc) is 2.72. The summed E-state index contributed by atoms with van der Waals surface area (Å²) < 4.78 is 15.6. The summed E-state index contributed by atoms with van der Waals surface area (Å²) in [6.45, 7) is 0. The maximum atomic E-state index is 12.4. The molecule has 7 heteroatoms. The lowest BCUT2D eigenvalue weighted by Gasteiger charge is -2.07. The summed E-state index contributed by atoms with van der Waals surface area (Å²) in [5.41, 5.74) is 0.639. The third kappa shape index (κ3) is 4.15. The van der Waals surface area contributed by atoms with Crippen LogP contribution < -0.4 is 36.0 Å². The molecule has 0 amide bonds. The minimum Gasteiger partial charge on any atom is -0.497 e. The Morgan fingerprint density at radius 1 is 0.679 bits per heavy atom. The van der Waals surface area contributed by atoms with Gasteiger partial charge in [-0.15, -0.1) is 0 Å². The lowest BCUT2D eigenvalue weighted by atomic mass is 10.2. The second-order valence-corrected chi connectivity index (χ2v) is 5.91. The molecule has 7 nitrogen and oxygen atoms in total. The van der Waals surface area contributed by atoms with Crippen LogP contribution in [-0.2, 0) is 0 Å². The molecule has 0 spiro atoms. The van der Waals surface area contributed by atoms with E-state index in [2.05, 4.69) is 9.97 Å². The van der Waals surface area contributed by atoms with Gasteiger partial charge in [0, 0.05) is 0 Å². The lowest BCUT2D eigenvalue weighted by Crippen LogP contribution is -2.46. The van der Waals surface area contributed by atoms with E-state index in [1.807, 2.05) is 0 Å². The van der Waals surface area contributed by atoms with Gasteiger partial charge in [-0.25, -0.2) is 0 Å². The molecular weight excluding hydrogens is 360 g/mol. The van der Waals surface area contributed by atoms with Crippen molar-refractivity contribution in [1.82, 2.24) is 9.97 Å². The number of methoxy groups -OCH3 is 3. The van der Waals surface area contributed by atoms with Crippen LogP contribution in [0, 0.1) is 0 Å². The Labute approximate surface area is 160 Å². The van der Waals surface area contributed by atoms with Crippen LogP contribution in [0.25, 0.3) is 12.2 Å². The zero-order chi connectivity index (χ0) is 20.1. The Balaban J connectivity index is 2.04. The summed E-state index contributed by atoms with van der Waals surface area (Å²) in [7, 11) is 4.65. The van der Waals surface area contributed by atoms with Crippen LogP contribution in [0.5, 0.6) is 17.2 Å². The molecule has 0 saturated heterocycles. The first-order chi connectivity index (χ1) is 13.5. The van der Waals surface area contributed by atoms with Gasteiger partial charge in [0.05, 0.1) is 21.3 Å². The van der Waals surface area contributed by atoms with Gasteiger partial charge in [-0.2, -0.15) is 0 Å². The Morgan fingerprint density at radius 2 is 1.21 bits per heavy atom. The molecular formula is C21H20N2O5. The van der Waals surface area contributed by atoms with Gasteiger partial charge in [-0.1, -0.05) is 18.2 Å². The molecule has 0 atom stereocenters. The molecule has 0 radical (unpaired) electrons. The highest BCUT2D eigenvalue weighted by molar-refractivity contribution is 5.55. The summed E-state index contributed by atoms with van der Waals surface area (Å²) in [5, 5.41) is 0.309. The first-order valence-electron chi connectivity index (χ1n) is 8.46. The Morgan fingerprint density at radius 3 is 1.75 bits per heavy atom. The molecule has 1 heterocycles. The van der Waals surface area contributed by atoms with Crippen molar-refractivity contribution in [2.75, 3.05) is 21.3 Å². The van der Waals surface area contributed by atoms with Crippen molar-refractivity contribution >= 4 is 12.2 Å². The first kappa shape index (κ1) is 19.0. The van der Waals surface area contributed by atoms with Gasteiger partial charge in [0.15, 0.2) is 11.5 Å². The molecule has 0 bridgehead atoms. The maximum Gasteiger partial charge on any atom is 0.272 e. The van der Waals surface area contributed by atoms with E-state index in [0.717, 1.165) is 5.56 Å². The molecule has 0 aliphatic heterocycles. The van der Waals surface area contributed by atoms with Gasteiger partial charge < -0.3 is 24.2 Å². The van der Waals surface area contributed by atoms with E-state index in [1.165, 1.54) is 7.11 Å². The van der Waals surface area contributed by atoms with Crippen LogP contribution >= 0.6 is 0 Å². The van der Waals surface area contributed by atoms with Crippen molar-refractivity contribution in [2.24, 2.45) is 0 Å². The molecule has 2 N–H and O–H groups in total. The van der Waals surface area contributed by atoms with Crippen LogP contribution in [0.3, 0.4) is 0 Å². The molecule has 0 saturated carbocycles. The van der Waals surface area contributed by atoms with Crippen LogP contribution in [0.15, 0.2) is 52.1 Å². The summed E-state index contributed by atoms with van der Waals surface area (Å²) in [5.74, 6) is 1.81. The van der Waals surface area contributed by atoms with E-state index in [0.29, 0.717) is 22.8 Å². The SMILES string of the molecule is COc1ccc(C=c2[nH]c(=O)c(=Cc3ccc(OC)c(OC)c3)[nH]c2=O)cc1. The van der Waals surface area contributed by atoms with E-state index in [9.17, 15) is 9.59 Å². The second-order valence-electron chi connectivity index (χ2n) is 5.91. The maximum absolute atomic E-state index is 12.4. The van der Waals surface area contributed by atoms with E-state index in [1.54, 1.807) is 68.8 Å². The van der Waals surface area contributed by atoms with Crippen molar-refractivity contribution in [1.29, 1.82) is 0 Å². The molecule has 0 fully saturated rings. The van der Waals surface area contributed by atoms with E-state index >= 15 is 0 Å². The zero-order valence-electron chi connectivity index (χ0n) is 15.7. The molecule has 0 aliphatic carbocycles. The largest absolute Gasteiger partial charge is 0.497 e. The fourth-order valence-corrected chi connectivity index (χ4v) is 2.67. The molecule has 2 aromatic carbocycles. The number of hydrogen-bond donors (Lipinski definition) is 2. The fourth-order valence-electron chi connectivity index (χ4n) is 2.67. The third-order valence-corrected chi connectivity index (χ3v) is 4.13. The predicted octanol–water partition coefficient (Wildman–Crippen LogP) is 0.747. The molecule has 0 aliphatic rings.